The summed E-state index contributed by atoms with van der Waals surface area (Å²) in [4.78, 5) is 25.6. The average molecular weight is 357 g/mol. The number of cyclic esters (lactones) is 1. The van der Waals surface area contributed by atoms with Crippen molar-refractivity contribution in [1.29, 1.82) is 0 Å². The molecule has 0 unspecified atom stereocenters. The lowest BCUT2D eigenvalue weighted by molar-refractivity contribution is -0.129. The van der Waals surface area contributed by atoms with Gasteiger partial charge in [0, 0.05) is 6.42 Å². The monoisotopic (exact) mass is 357 g/mol. The van der Waals surface area contributed by atoms with Crippen LogP contribution in [-0.2, 0) is 9.53 Å². The number of amides is 2. The Kier molecular flexibility index (Phi) is 5.63. The highest BCUT2D eigenvalue weighted by Gasteiger charge is 2.38. The van der Waals surface area contributed by atoms with Crippen molar-refractivity contribution in [2.75, 3.05) is 6.61 Å². The number of hydrogen-bond donors (Lipinski definition) is 1. The quantitative estimate of drug-likeness (QED) is 0.855. The molecule has 2 aromatic rings. The van der Waals surface area contributed by atoms with Crippen LogP contribution in [0.5, 0.6) is 0 Å². The van der Waals surface area contributed by atoms with E-state index in [0.29, 0.717) is 18.4 Å². The first-order chi connectivity index (χ1) is 12.6. The molecule has 0 spiro atoms. The number of ether oxygens (including phenoxy) is 1. The summed E-state index contributed by atoms with van der Waals surface area (Å²) in [6.07, 6.45) is -0.718. The summed E-state index contributed by atoms with van der Waals surface area (Å²) in [5.74, 6) is -0.754. The van der Waals surface area contributed by atoms with Gasteiger partial charge in [-0.1, -0.05) is 42.5 Å². The highest BCUT2D eigenvalue weighted by atomic mass is 19.1. The fourth-order valence-electron chi connectivity index (χ4n) is 3.07. The number of aliphatic hydroxyl groups excluding tert-OH is 1. The van der Waals surface area contributed by atoms with Crippen molar-refractivity contribution in [3.8, 4) is 0 Å². The summed E-state index contributed by atoms with van der Waals surface area (Å²) >= 11 is 0. The van der Waals surface area contributed by atoms with E-state index in [1.54, 1.807) is 6.07 Å². The van der Waals surface area contributed by atoms with Gasteiger partial charge >= 0.3 is 6.09 Å². The van der Waals surface area contributed by atoms with Gasteiger partial charge in [0.15, 0.2) is 0 Å². The van der Waals surface area contributed by atoms with Crippen molar-refractivity contribution in [3.05, 3.63) is 71.5 Å². The number of benzene rings is 2. The molecule has 0 aromatic heterocycles. The lowest BCUT2D eigenvalue weighted by Crippen LogP contribution is -2.34. The van der Waals surface area contributed by atoms with E-state index in [1.807, 2.05) is 30.3 Å². The summed E-state index contributed by atoms with van der Waals surface area (Å²) in [6.45, 7) is 0.139. The Bertz CT molecular complexity index is 780. The lowest BCUT2D eigenvalue weighted by atomic mass is 10.0. The Morgan fingerprint density at radius 3 is 2.73 bits per heavy atom. The van der Waals surface area contributed by atoms with Gasteiger partial charge in [0.25, 0.3) is 0 Å². The molecule has 2 aromatic carbocycles. The molecular formula is C20H20FNO4. The second-order valence-electron chi connectivity index (χ2n) is 6.23. The zero-order valence-corrected chi connectivity index (χ0v) is 14.2. The molecule has 0 aliphatic carbocycles. The lowest BCUT2D eigenvalue weighted by Gasteiger charge is -2.20. The molecule has 26 heavy (non-hydrogen) atoms. The predicted octanol–water partition coefficient (Wildman–Crippen LogP) is 3.75. The Hall–Kier alpha value is -2.73. The third kappa shape index (κ3) is 4.08. The molecule has 0 saturated carbocycles. The van der Waals surface area contributed by atoms with Crippen LogP contribution in [0, 0.1) is 5.82 Å². The Balaban J connectivity index is 1.57. The van der Waals surface area contributed by atoms with Crippen molar-refractivity contribution in [3.63, 3.8) is 0 Å². The Morgan fingerprint density at radius 1 is 1.23 bits per heavy atom. The first-order valence-corrected chi connectivity index (χ1v) is 8.53. The first-order valence-electron chi connectivity index (χ1n) is 8.53. The number of nitrogens with zero attached hydrogens (tertiary/aromatic N) is 1. The SMILES string of the molecule is O=C(CCC[C@H](O)c1cccc(F)c1)N1C(=O)OC[C@@H]1c1ccccc1. The molecule has 0 radical (unpaired) electrons. The maximum atomic E-state index is 13.2. The van der Waals surface area contributed by atoms with E-state index in [4.69, 9.17) is 4.74 Å². The van der Waals surface area contributed by atoms with E-state index >= 15 is 0 Å². The molecule has 1 heterocycles. The second-order valence-corrected chi connectivity index (χ2v) is 6.23. The minimum absolute atomic E-state index is 0.102. The maximum Gasteiger partial charge on any atom is 0.417 e. The summed E-state index contributed by atoms with van der Waals surface area (Å²) in [5.41, 5.74) is 1.31. The molecule has 136 valence electrons. The summed E-state index contributed by atoms with van der Waals surface area (Å²) in [5, 5.41) is 10.1. The van der Waals surface area contributed by atoms with E-state index in [-0.39, 0.29) is 18.9 Å². The Labute approximate surface area is 151 Å². The van der Waals surface area contributed by atoms with Crippen LogP contribution >= 0.6 is 0 Å². The van der Waals surface area contributed by atoms with Crippen LogP contribution in [0.4, 0.5) is 9.18 Å². The molecular weight excluding hydrogens is 337 g/mol. The number of carbonyl (C=O) groups excluding carboxylic acids is 2. The van der Waals surface area contributed by atoms with Gasteiger partial charge in [0.05, 0.1) is 6.10 Å². The predicted molar refractivity (Wildman–Crippen MR) is 92.6 cm³/mol. The number of rotatable bonds is 6. The van der Waals surface area contributed by atoms with Gasteiger partial charge in [-0.25, -0.2) is 14.1 Å². The Morgan fingerprint density at radius 2 is 2.00 bits per heavy atom. The molecule has 1 saturated heterocycles. The van der Waals surface area contributed by atoms with Crippen LogP contribution < -0.4 is 0 Å². The summed E-state index contributed by atoms with van der Waals surface area (Å²) in [7, 11) is 0. The minimum Gasteiger partial charge on any atom is -0.446 e. The number of imide groups is 1. The van der Waals surface area contributed by atoms with E-state index in [9.17, 15) is 19.1 Å². The van der Waals surface area contributed by atoms with Gasteiger partial charge in [0.1, 0.15) is 18.5 Å². The summed E-state index contributed by atoms with van der Waals surface area (Å²) in [6, 6.07) is 14.6. The summed E-state index contributed by atoms with van der Waals surface area (Å²) < 4.78 is 18.2. The number of carbonyl (C=O) groups is 2. The smallest absolute Gasteiger partial charge is 0.417 e. The van der Waals surface area contributed by atoms with Gasteiger partial charge in [-0.2, -0.15) is 0 Å². The number of aliphatic hydroxyl groups is 1. The van der Waals surface area contributed by atoms with Gasteiger partial charge < -0.3 is 9.84 Å². The largest absolute Gasteiger partial charge is 0.446 e. The molecule has 5 nitrogen and oxygen atoms in total. The minimum atomic E-state index is -0.853. The number of hydrogen-bond acceptors (Lipinski definition) is 4. The van der Waals surface area contributed by atoms with Gasteiger partial charge in [0.2, 0.25) is 5.91 Å². The third-order valence-electron chi connectivity index (χ3n) is 4.43. The molecule has 2 atom stereocenters. The molecule has 0 bridgehead atoms. The van der Waals surface area contributed by atoms with Crippen molar-refractivity contribution in [1.82, 2.24) is 4.90 Å². The number of halogens is 1. The van der Waals surface area contributed by atoms with Gasteiger partial charge in [-0.05, 0) is 36.1 Å². The van der Waals surface area contributed by atoms with E-state index in [2.05, 4.69) is 0 Å². The zero-order valence-electron chi connectivity index (χ0n) is 14.2. The van der Waals surface area contributed by atoms with Crippen molar-refractivity contribution in [2.45, 2.75) is 31.4 Å². The fourth-order valence-corrected chi connectivity index (χ4v) is 3.07. The molecule has 1 aliphatic rings. The van der Waals surface area contributed by atoms with Crippen LogP contribution in [0.25, 0.3) is 0 Å². The average Bonchev–Trinajstić information content (AvgIpc) is 3.04. The van der Waals surface area contributed by atoms with Crippen LogP contribution in [0.15, 0.2) is 54.6 Å². The van der Waals surface area contributed by atoms with Crippen molar-refractivity contribution in [2.24, 2.45) is 0 Å². The molecule has 1 fully saturated rings. The zero-order chi connectivity index (χ0) is 18.5. The molecule has 1 aliphatic heterocycles. The topological polar surface area (TPSA) is 66.8 Å². The van der Waals surface area contributed by atoms with Gasteiger partial charge in [-0.15, -0.1) is 0 Å². The molecule has 6 heteroatoms. The molecule has 3 rings (SSSR count). The third-order valence-corrected chi connectivity index (χ3v) is 4.43. The van der Waals surface area contributed by atoms with Crippen LogP contribution in [0.2, 0.25) is 0 Å². The fraction of sp³-hybridized carbons (Fsp3) is 0.300. The van der Waals surface area contributed by atoms with Gasteiger partial charge in [-0.3, -0.25) is 4.79 Å². The molecule has 2 amide bonds. The highest BCUT2D eigenvalue weighted by molar-refractivity contribution is 5.93. The van der Waals surface area contributed by atoms with E-state index in [0.717, 1.165) is 10.5 Å². The van der Waals surface area contributed by atoms with E-state index in [1.165, 1.54) is 18.2 Å². The normalized spacial score (nSPS) is 17.8. The molecule has 1 N–H and O–H groups in total. The van der Waals surface area contributed by atoms with Crippen LogP contribution in [0.1, 0.15) is 42.5 Å². The van der Waals surface area contributed by atoms with Crippen LogP contribution in [-0.4, -0.2) is 28.6 Å². The first kappa shape index (κ1) is 18.1. The van der Waals surface area contributed by atoms with E-state index < -0.39 is 24.1 Å². The van der Waals surface area contributed by atoms with Crippen molar-refractivity contribution < 1.29 is 23.8 Å². The van der Waals surface area contributed by atoms with Crippen LogP contribution in [0.3, 0.4) is 0 Å². The highest BCUT2D eigenvalue weighted by Crippen LogP contribution is 2.29. The maximum absolute atomic E-state index is 13.2. The van der Waals surface area contributed by atoms with Crippen molar-refractivity contribution >= 4 is 12.0 Å². The second kappa shape index (κ2) is 8.10. The standard InChI is InChI=1S/C20H20FNO4/c21-16-9-4-8-15(12-16)18(23)10-5-11-19(24)22-17(13-26-20(22)25)14-6-2-1-3-7-14/h1-4,6-9,12,17-18,23H,5,10-11,13H2/t17-,18+/m1/s1.